The van der Waals surface area contributed by atoms with E-state index in [0.29, 0.717) is 19.5 Å². The third-order valence-corrected chi connectivity index (χ3v) is 2.04. The summed E-state index contributed by atoms with van der Waals surface area (Å²) in [6.07, 6.45) is 2.36. The molecule has 0 aliphatic rings. The van der Waals surface area contributed by atoms with Crippen molar-refractivity contribution in [2.45, 2.75) is 13.3 Å². The van der Waals surface area contributed by atoms with Crippen LogP contribution >= 0.6 is 0 Å². The lowest BCUT2D eigenvalue weighted by atomic mass is 10.2. The van der Waals surface area contributed by atoms with Crippen molar-refractivity contribution in [3.8, 4) is 0 Å². The third kappa shape index (κ3) is 4.07. The van der Waals surface area contributed by atoms with Crippen LogP contribution in [0.5, 0.6) is 0 Å². The largest absolute Gasteiger partial charge is 0.481 e. The van der Waals surface area contributed by atoms with Gasteiger partial charge in [-0.1, -0.05) is 6.92 Å². The van der Waals surface area contributed by atoms with Crippen LogP contribution in [0, 0.1) is 5.92 Å². The highest BCUT2D eigenvalue weighted by Gasteiger charge is 2.09. The Morgan fingerprint density at radius 3 is 3.00 bits per heavy atom. The first-order chi connectivity index (χ1) is 7.09. The number of aryl methyl sites for hydroxylation is 1. The smallest absolute Gasteiger partial charge is 0.307 e. The summed E-state index contributed by atoms with van der Waals surface area (Å²) in [6.45, 7) is 2.85. The minimum atomic E-state index is -0.779. The SMILES string of the molecule is CC(CNCCc1ncn(C)n1)C(=O)O. The Morgan fingerprint density at radius 1 is 1.73 bits per heavy atom. The number of aromatic nitrogens is 3. The van der Waals surface area contributed by atoms with Crippen molar-refractivity contribution < 1.29 is 9.90 Å². The van der Waals surface area contributed by atoms with Crippen molar-refractivity contribution in [2.75, 3.05) is 13.1 Å². The standard InChI is InChI=1S/C9H16N4O2/c1-7(9(14)15)5-10-4-3-8-11-6-13(2)12-8/h6-7,10H,3-5H2,1-2H3,(H,14,15). The van der Waals surface area contributed by atoms with E-state index in [-0.39, 0.29) is 5.92 Å². The topological polar surface area (TPSA) is 80.0 Å². The van der Waals surface area contributed by atoms with Crippen molar-refractivity contribution in [2.24, 2.45) is 13.0 Å². The van der Waals surface area contributed by atoms with Gasteiger partial charge in [0.05, 0.1) is 5.92 Å². The molecule has 0 saturated carbocycles. The zero-order valence-electron chi connectivity index (χ0n) is 8.97. The Bertz CT molecular complexity index is 324. The van der Waals surface area contributed by atoms with Gasteiger partial charge in [-0.2, -0.15) is 5.10 Å². The van der Waals surface area contributed by atoms with E-state index in [2.05, 4.69) is 15.4 Å². The lowest BCUT2D eigenvalue weighted by Gasteiger charge is -2.06. The molecule has 2 N–H and O–H groups in total. The maximum atomic E-state index is 10.5. The molecule has 0 saturated heterocycles. The maximum Gasteiger partial charge on any atom is 0.307 e. The maximum absolute atomic E-state index is 10.5. The first-order valence-electron chi connectivity index (χ1n) is 4.87. The first kappa shape index (κ1) is 11.6. The fraction of sp³-hybridized carbons (Fsp3) is 0.667. The van der Waals surface area contributed by atoms with E-state index < -0.39 is 5.97 Å². The van der Waals surface area contributed by atoms with E-state index in [1.54, 1.807) is 17.9 Å². The van der Waals surface area contributed by atoms with E-state index in [1.807, 2.05) is 7.05 Å². The summed E-state index contributed by atoms with van der Waals surface area (Å²) >= 11 is 0. The Balaban J connectivity index is 2.14. The number of carbonyl (C=O) groups is 1. The summed E-state index contributed by atoms with van der Waals surface area (Å²) in [4.78, 5) is 14.6. The van der Waals surface area contributed by atoms with Crippen LogP contribution in [0.15, 0.2) is 6.33 Å². The van der Waals surface area contributed by atoms with Crippen LogP contribution < -0.4 is 5.32 Å². The second-order valence-electron chi connectivity index (χ2n) is 3.53. The third-order valence-electron chi connectivity index (χ3n) is 2.04. The number of nitrogens with zero attached hydrogens (tertiary/aromatic N) is 3. The molecule has 84 valence electrons. The minimum Gasteiger partial charge on any atom is -0.481 e. The van der Waals surface area contributed by atoms with Crippen molar-refractivity contribution in [3.05, 3.63) is 12.2 Å². The zero-order chi connectivity index (χ0) is 11.3. The van der Waals surface area contributed by atoms with Crippen LogP contribution in [-0.4, -0.2) is 38.9 Å². The Kier molecular flexibility index (Phi) is 4.23. The van der Waals surface area contributed by atoms with Gasteiger partial charge in [-0.05, 0) is 0 Å². The minimum absolute atomic E-state index is 0.360. The van der Waals surface area contributed by atoms with Crippen molar-refractivity contribution >= 4 is 5.97 Å². The van der Waals surface area contributed by atoms with Crippen LogP contribution in [0.4, 0.5) is 0 Å². The molecule has 0 aromatic carbocycles. The number of rotatable bonds is 6. The number of hydrogen-bond donors (Lipinski definition) is 2. The summed E-state index contributed by atoms with van der Waals surface area (Å²) in [5.74, 6) is -0.367. The Labute approximate surface area is 88.3 Å². The molecule has 6 heteroatoms. The fourth-order valence-electron chi connectivity index (χ4n) is 1.10. The highest BCUT2D eigenvalue weighted by molar-refractivity contribution is 5.69. The van der Waals surface area contributed by atoms with E-state index in [9.17, 15) is 4.79 Å². The molecular weight excluding hydrogens is 196 g/mol. The van der Waals surface area contributed by atoms with Gasteiger partial charge < -0.3 is 10.4 Å². The van der Waals surface area contributed by atoms with Crippen molar-refractivity contribution in [1.29, 1.82) is 0 Å². The van der Waals surface area contributed by atoms with Gasteiger partial charge in [0.25, 0.3) is 0 Å². The predicted octanol–water partition coefficient (Wildman–Crippen LogP) is -0.332. The van der Waals surface area contributed by atoms with Gasteiger partial charge in [0.2, 0.25) is 0 Å². The lowest BCUT2D eigenvalue weighted by molar-refractivity contribution is -0.140. The molecule has 0 spiro atoms. The number of hydrogen-bond acceptors (Lipinski definition) is 4. The predicted molar refractivity (Wildman–Crippen MR) is 54.4 cm³/mol. The van der Waals surface area contributed by atoms with E-state index in [0.717, 1.165) is 5.82 Å². The number of nitrogens with one attached hydrogen (secondary N) is 1. The van der Waals surface area contributed by atoms with Gasteiger partial charge in [-0.3, -0.25) is 9.48 Å². The summed E-state index contributed by atoms with van der Waals surface area (Å²) < 4.78 is 1.65. The van der Waals surface area contributed by atoms with E-state index in [1.165, 1.54) is 0 Å². The summed E-state index contributed by atoms with van der Waals surface area (Å²) in [5, 5.41) is 15.8. The molecule has 0 radical (unpaired) electrons. The molecule has 1 rings (SSSR count). The van der Waals surface area contributed by atoms with E-state index in [4.69, 9.17) is 5.11 Å². The Hall–Kier alpha value is -1.43. The Morgan fingerprint density at radius 2 is 2.47 bits per heavy atom. The van der Waals surface area contributed by atoms with Crippen molar-refractivity contribution in [3.63, 3.8) is 0 Å². The van der Waals surface area contributed by atoms with Gasteiger partial charge in [0.1, 0.15) is 6.33 Å². The van der Waals surface area contributed by atoms with Gasteiger partial charge in [0, 0.05) is 26.6 Å². The molecule has 0 aliphatic heterocycles. The van der Waals surface area contributed by atoms with Crippen molar-refractivity contribution in [1.82, 2.24) is 20.1 Å². The van der Waals surface area contributed by atoms with Crippen LogP contribution in [-0.2, 0) is 18.3 Å². The van der Waals surface area contributed by atoms with Gasteiger partial charge in [-0.25, -0.2) is 4.98 Å². The number of carboxylic acids is 1. The molecule has 0 bridgehead atoms. The average Bonchev–Trinajstić information content (AvgIpc) is 2.58. The second kappa shape index (κ2) is 5.45. The molecule has 0 amide bonds. The average molecular weight is 212 g/mol. The highest BCUT2D eigenvalue weighted by Crippen LogP contribution is 1.92. The van der Waals surface area contributed by atoms with Gasteiger partial charge in [0.15, 0.2) is 5.82 Å². The van der Waals surface area contributed by atoms with Crippen LogP contribution in [0.2, 0.25) is 0 Å². The normalized spacial score (nSPS) is 12.7. The molecule has 15 heavy (non-hydrogen) atoms. The second-order valence-corrected chi connectivity index (χ2v) is 3.53. The molecular formula is C9H16N4O2. The van der Waals surface area contributed by atoms with Gasteiger partial charge >= 0.3 is 5.97 Å². The molecule has 0 aliphatic carbocycles. The monoisotopic (exact) mass is 212 g/mol. The molecule has 6 nitrogen and oxygen atoms in total. The number of aliphatic carboxylic acids is 1. The highest BCUT2D eigenvalue weighted by atomic mass is 16.4. The van der Waals surface area contributed by atoms with Crippen LogP contribution in [0.1, 0.15) is 12.7 Å². The molecule has 1 heterocycles. The van der Waals surface area contributed by atoms with E-state index >= 15 is 0 Å². The summed E-state index contributed by atoms with van der Waals surface area (Å²) in [6, 6.07) is 0. The van der Waals surface area contributed by atoms with Gasteiger partial charge in [-0.15, -0.1) is 0 Å². The molecule has 1 unspecified atom stereocenters. The summed E-state index contributed by atoms with van der Waals surface area (Å²) in [5.41, 5.74) is 0. The van der Waals surface area contributed by atoms with Crippen LogP contribution in [0.25, 0.3) is 0 Å². The quantitative estimate of drug-likeness (QED) is 0.631. The molecule has 0 fully saturated rings. The molecule has 1 aromatic heterocycles. The zero-order valence-corrected chi connectivity index (χ0v) is 8.97. The number of carboxylic acid groups (broad SMARTS) is 1. The first-order valence-corrected chi connectivity index (χ1v) is 4.87. The molecule has 1 atom stereocenters. The van der Waals surface area contributed by atoms with Crippen LogP contribution in [0.3, 0.4) is 0 Å². The molecule has 1 aromatic rings. The summed E-state index contributed by atoms with van der Waals surface area (Å²) in [7, 11) is 1.82. The fourth-order valence-corrected chi connectivity index (χ4v) is 1.10. The lowest BCUT2D eigenvalue weighted by Crippen LogP contribution is -2.28.